The van der Waals surface area contributed by atoms with Gasteiger partial charge in [0.05, 0.1) is 14.2 Å². The second kappa shape index (κ2) is 7.48. The summed E-state index contributed by atoms with van der Waals surface area (Å²) in [5, 5.41) is 8.97. The molecule has 1 N–H and O–H groups in total. The molecule has 6 heteroatoms. The Balaban J connectivity index is 2.83. The normalized spacial score (nSPS) is 11.7. The summed E-state index contributed by atoms with van der Waals surface area (Å²) < 4.78 is 20.8. The van der Waals surface area contributed by atoms with Gasteiger partial charge in [0, 0.05) is 6.61 Å². The van der Waals surface area contributed by atoms with E-state index in [1.807, 2.05) is 0 Å². The molecule has 0 amide bonds. The summed E-state index contributed by atoms with van der Waals surface area (Å²) in [6.45, 7) is 1.89. The molecule has 0 heterocycles. The second-order valence-corrected chi connectivity index (χ2v) is 3.58. The van der Waals surface area contributed by atoms with Crippen LogP contribution in [0.4, 0.5) is 0 Å². The summed E-state index contributed by atoms with van der Waals surface area (Å²) >= 11 is 0. The number of hydrogen-bond donors (Lipinski definition) is 1. The standard InChI is InChI=1S/C13H18O6/c1-4-18-11(13(14)15)8-19-12-9(16-2)6-5-7-10(12)17-3/h5-7,11H,4,8H2,1-3H3,(H,14,15). The fourth-order valence-corrected chi connectivity index (χ4v) is 1.51. The summed E-state index contributed by atoms with van der Waals surface area (Å²) in [6, 6.07) is 5.16. The zero-order chi connectivity index (χ0) is 14.3. The lowest BCUT2D eigenvalue weighted by Gasteiger charge is -2.17. The van der Waals surface area contributed by atoms with Crippen LogP contribution >= 0.6 is 0 Å². The number of methoxy groups -OCH3 is 2. The molecule has 0 saturated heterocycles. The minimum atomic E-state index is -1.07. The van der Waals surface area contributed by atoms with E-state index in [1.54, 1.807) is 25.1 Å². The number of ether oxygens (including phenoxy) is 4. The zero-order valence-electron chi connectivity index (χ0n) is 11.2. The lowest BCUT2D eigenvalue weighted by Crippen LogP contribution is -2.30. The lowest BCUT2D eigenvalue weighted by atomic mass is 10.3. The molecule has 0 aliphatic carbocycles. The van der Waals surface area contributed by atoms with Crippen LogP contribution in [0.5, 0.6) is 17.2 Å². The molecule has 0 aromatic heterocycles. The largest absolute Gasteiger partial charge is 0.493 e. The van der Waals surface area contributed by atoms with E-state index < -0.39 is 12.1 Å². The highest BCUT2D eigenvalue weighted by molar-refractivity contribution is 5.72. The van der Waals surface area contributed by atoms with Crippen LogP contribution in [0.1, 0.15) is 6.92 Å². The van der Waals surface area contributed by atoms with E-state index in [1.165, 1.54) is 14.2 Å². The van der Waals surface area contributed by atoms with Crippen LogP contribution in [-0.2, 0) is 9.53 Å². The fraction of sp³-hybridized carbons (Fsp3) is 0.462. The van der Waals surface area contributed by atoms with Gasteiger partial charge in [-0.3, -0.25) is 0 Å². The third kappa shape index (κ3) is 4.03. The molecule has 1 atom stereocenters. The Morgan fingerprint density at radius 2 is 1.84 bits per heavy atom. The Bertz CT molecular complexity index is 395. The van der Waals surface area contributed by atoms with Crippen molar-refractivity contribution in [3.05, 3.63) is 18.2 Å². The van der Waals surface area contributed by atoms with Gasteiger partial charge in [0.1, 0.15) is 6.61 Å². The number of carboxylic acids is 1. The van der Waals surface area contributed by atoms with E-state index in [0.717, 1.165) is 0 Å². The Morgan fingerprint density at radius 1 is 1.26 bits per heavy atom. The van der Waals surface area contributed by atoms with Crippen LogP contribution in [0, 0.1) is 0 Å². The van der Waals surface area contributed by atoms with E-state index in [2.05, 4.69) is 0 Å². The van der Waals surface area contributed by atoms with E-state index in [-0.39, 0.29) is 6.61 Å². The van der Waals surface area contributed by atoms with E-state index in [9.17, 15) is 4.79 Å². The van der Waals surface area contributed by atoms with Crippen LogP contribution in [-0.4, -0.2) is 44.6 Å². The molecule has 1 aromatic carbocycles. The van der Waals surface area contributed by atoms with Gasteiger partial charge in [0.15, 0.2) is 17.6 Å². The van der Waals surface area contributed by atoms with Gasteiger partial charge in [-0.2, -0.15) is 0 Å². The van der Waals surface area contributed by atoms with Gasteiger partial charge >= 0.3 is 5.97 Å². The molecule has 0 aliphatic rings. The van der Waals surface area contributed by atoms with Gasteiger partial charge in [-0.15, -0.1) is 0 Å². The molecule has 1 aromatic rings. The predicted molar refractivity (Wildman–Crippen MR) is 68.1 cm³/mol. The van der Waals surface area contributed by atoms with Crippen LogP contribution in [0.3, 0.4) is 0 Å². The van der Waals surface area contributed by atoms with Crippen LogP contribution in [0.25, 0.3) is 0 Å². The highest BCUT2D eigenvalue weighted by Gasteiger charge is 2.20. The summed E-state index contributed by atoms with van der Waals surface area (Å²) in [4.78, 5) is 11.0. The monoisotopic (exact) mass is 270 g/mol. The van der Waals surface area contributed by atoms with Crippen molar-refractivity contribution < 1.29 is 28.8 Å². The van der Waals surface area contributed by atoms with Crippen LogP contribution in [0.2, 0.25) is 0 Å². The first-order valence-corrected chi connectivity index (χ1v) is 5.82. The Hall–Kier alpha value is -1.95. The molecule has 6 nitrogen and oxygen atoms in total. The lowest BCUT2D eigenvalue weighted by molar-refractivity contribution is -0.152. The van der Waals surface area contributed by atoms with Gasteiger partial charge in [-0.25, -0.2) is 4.79 Å². The smallest absolute Gasteiger partial charge is 0.336 e. The van der Waals surface area contributed by atoms with Crippen molar-refractivity contribution in [2.75, 3.05) is 27.4 Å². The summed E-state index contributed by atoms with van der Waals surface area (Å²) in [6.07, 6.45) is -1.03. The van der Waals surface area contributed by atoms with E-state index in [0.29, 0.717) is 23.9 Å². The first-order valence-electron chi connectivity index (χ1n) is 5.82. The van der Waals surface area contributed by atoms with Gasteiger partial charge in [-0.05, 0) is 19.1 Å². The Kier molecular flexibility index (Phi) is 5.95. The maximum absolute atomic E-state index is 11.0. The fourth-order valence-electron chi connectivity index (χ4n) is 1.51. The van der Waals surface area contributed by atoms with Crippen molar-refractivity contribution in [1.29, 1.82) is 0 Å². The number of benzene rings is 1. The summed E-state index contributed by atoms with van der Waals surface area (Å²) in [5.74, 6) is 0.231. The number of carboxylic acid groups (broad SMARTS) is 1. The quantitative estimate of drug-likeness (QED) is 0.773. The van der Waals surface area contributed by atoms with Crippen molar-refractivity contribution in [3.8, 4) is 17.2 Å². The first kappa shape index (κ1) is 15.1. The van der Waals surface area contributed by atoms with Crippen molar-refractivity contribution in [2.45, 2.75) is 13.0 Å². The molecular weight excluding hydrogens is 252 g/mol. The molecular formula is C13H18O6. The van der Waals surface area contributed by atoms with Gasteiger partial charge in [0.2, 0.25) is 5.75 Å². The second-order valence-electron chi connectivity index (χ2n) is 3.58. The predicted octanol–water partition coefficient (Wildman–Crippen LogP) is 1.57. The van der Waals surface area contributed by atoms with Crippen LogP contribution < -0.4 is 14.2 Å². The molecule has 1 unspecified atom stereocenters. The molecule has 106 valence electrons. The minimum absolute atomic E-state index is 0.125. The molecule has 1 rings (SSSR count). The molecule has 19 heavy (non-hydrogen) atoms. The Labute approximate surface area is 111 Å². The number of aliphatic carboxylic acids is 1. The summed E-state index contributed by atoms with van der Waals surface area (Å²) in [7, 11) is 3.00. The third-order valence-electron chi connectivity index (χ3n) is 2.40. The maximum atomic E-state index is 11.0. The minimum Gasteiger partial charge on any atom is -0.493 e. The molecule has 0 spiro atoms. The van der Waals surface area contributed by atoms with Crippen molar-refractivity contribution in [2.24, 2.45) is 0 Å². The molecule has 0 fully saturated rings. The van der Waals surface area contributed by atoms with Gasteiger partial charge < -0.3 is 24.1 Å². The van der Waals surface area contributed by atoms with Crippen molar-refractivity contribution >= 4 is 5.97 Å². The average Bonchev–Trinajstić information content (AvgIpc) is 2.42. The topological polar surface area (TPSA) is 74.2 Å². The third-order valence-corrected chi connectivity index (χ3v) is 2.40. The highest BCUT2D eigenvalue weighted by Crippen LogP contribution is 2.36. The molecule has 0 bridgehead atoms. The van der Waals surface area contributed by atoms with Gasteiger partial charge in [-0.1, -0.05) is 6.07 Å². The first-order chi connectivity index (χ1) is 9.13. The zero-order valence-corrected chi connectivity index (χ0v) is 11.2. The summed E-state index contributed by atoms with van der Waals surface area (Å²) in [5.41, 5.74) is 0. The average molecular weight is 270 g/mol. The Morgan fingerprint density at radius 3 is 2.26 bits per heavy atom. The maximum Gasteiger partial charge on any atom is 0.336 e. The number of rotatable bonds is 8. The van der Waals surface area contributed by atoms with E-state index >= 15 is 0 Å². The van der Waals surface area contributed by atoms with Crippen molar-refractivity contribution in [3.63, 3.8) is 0 Å². The van der Waals surface area contributed by atoms with E-state index in [4.69, 9.17) is 24.1 Å². The molecule has 0 aliphatic heterocycles. The number of para-hydroxylation sites is 1. The van der Waals surface area contributed by atoms with Gasteiger partial charge in [0.25, 0.3) is 0 Å². The number of carbonyl (C=O) groups is 1. The molecule has 0 radical (unpaired) electrons. The SMILES string of the molecule is CCOC(COc1c(OC)cccc1OC)C(=O)O. The van der Waals surface area contributed by atoms with Crippen molar-refractivity contribution in [1.82, 2.24) is 0 Å². The van der Waals surface area contributed by atoms with Crippen LogP contribution in [0.15, 0.2) is 18.2 Å². The highest BCUT2D eigenvalue weighted by atomic mass is 16.6. The molecule has 0 saturated carbocycles. The number of hydrogen-bond acceptors (Lipinski definition) is 5.